The molecule has 540 valence electrons. The Morgan fingerprint density at radius 3 is 1.29 bits per heavy atom. The lowest BCUT2D eigenvalue weighted by atomic mass is 9.91. The number of likely N-dealkylation sites (tertiary alicyclic amines) is 2. The van der Waals surface area contributed by atoms with Crippen molar-refractivity contribution in [2.45, 2.75) is 25.2 Å². The van der Waals surface area contributed by atoms with Gasteiger partial charge in [-0.15, -0.1) is 45.3 Å². The van der Waals surface area contributed by atoms with E-state index in [1.54, 1.807) is 5.56 Å². The molecule has 1 saturated carbocycles. The summed E-state index contributed by atoms with van der Waals surface area (Å²) in [6.45, 7) is 24.6. The number of hydrogen-bond donors (Lipinski definition) is 4. The lowest BCUT2D eigenvalue weighted by Crippen LogP contribution is -2.26. The van der Waals surface area contributed by atoms with E-state index < -0.39 is 0 Å². The standard InChI is InChI=1S/C17H19N.2C15H18N2S.2C14H16N2S.C13H13Cl2N/c1-2-6-16-12(4-1)5-3-7-17(16)13-8-14-10-18-11-15(14)9-13;1-16-7-11-9-17(10-12(11)8-16)14-3-2-4-15-13(14)5-6-18-15;1-16-7-12-9-17(10-13(12)8-16)14-4-2-3-11-5-6-18-15(11)14;1-2-13(12-4-5-17-14(12)3-1)16-8-10-6-15-7-11(10)9-16;1-2-10-4-5-17-14(10)13(3-1)16-8-11-6-15-7-12(11)9-16;14-12-2-1-8(5-13(12)15)9-3-10-6-16-7-11(10)4-9/h1-7,13-15,18H,8-11H2;2-6,11-12H,7-10H2,1H3;2-6,12-13H,7-10H2,1H3;1-5,10-11,15H,6-9H2;1-5,11-12,15H,6-9H2;1-3,5,10-11,16H,4,6-7H2. The van der Waals surface area contributed by atoms with Crippen molar-refractivity contribution in [3.05, 3.63) is 206 Å². The van der Waals surface area contributed by atoms with Gasteiger partial charge in [0.05, 0.1) is 30.8 Å². The highest BCUT2D eigenvalue weighted by Crippen LogP contribution is 2.47. The predicted molar refractivity (Wildman–Crippen MR) is 449 cm³/mol. The summed E-state index contributed by atoms with van der Waals surface area (Å²) in [5, 5.41) is 32.6. The molecule has 11 fully saturated rings. The number of anilines is 4. The maximum atomic E-state index is 6.04. The van der Waals surface area contributed by atoms with Crippen LogP contribution in [0.25, 0.3) is 56.7 Å². The fraction of sp³-hybridized carbons (Fsp3) is 0.432. The maximum absolute atomic E-state index is 6.04. The first-order valence-corrected chi connectivity index (χ1v) is 43.1. The highest BCUT2D eigenvalue weighted by atomic mass is 35.5. The lowest BCUT2D eigenvalue weighted by molar-refractivity contribution is 0.387. The molecule has 11 aromatic rings. The van der Waals surface area contributed by atoms with Gasteiger partial charge in [-0.3, -0.25) is 0 Å². The van der Waals surface area contributed by atoms with E-state index in [9.17, 15) is 0 Å². The quantitative estimate of drug-likeness (QED) is 0.129. The molecule has 7 aromatic carbocycles. The van der Waals surface area contributed by atoms with E-state index in [2.05, 4.69) is 238 Å². The van der Waals surface area contributed by atoms with Crippen LogP contribution < -0.4 is 40.9 Å². The van der Waals surface area contributed by atoms with Crippen LogP contribution in [0.3, 0.4) is 0 Å². The zero-order chi connectivity index (χ0) is 69.8. The second-order valence-corrected chi connectivity index (χ2v) is 37.0. The largest absolute Gasteiger partial charge is 0.370 e. The molecule has 12 aliphatic rings. The zero-order valence-corrected chi connectivity index (χ0v) is 65.0. The summed E-state index contributed by atoms with van der Waals surface area (Å²) in [5.41, 5.74) is 10.0. The minimum atomic E-state index is 0.630. The van der Waals surface area contributed by atoms with Gasteiger partial charge in [0, 0.05) is 143 Å². The molecule has 23 rings (SSSR count). The van der Waals surface area contributed by atoms with Gasteiger partial charge in [-0.05, 0) is 262 Å². The predicted octanol–water partition coefficient (Wildman–Crippen LogP) is 18.1. The molecule has 12 unspecified atom stereocenters. The molecule has 0 radical (unpaired) electrons. The third-order valence-corrected chi connectivity index (χ3v) is 30.2. The Labute approximate surface area is 641 Å². The average molecular weight is 1500 g/mol. The monoisotopic (exact) mass is 1490 g/mol. The van der Waals surface area contributed by atoms with E-state index in [0.29, 0.717) is 16.0 Å². The van der Waals surface area contributed by atoms with Gasteiger partial charge in [0.2, 0.25) is 0 Å². The second kappa shape index (κ2) is 30.9. The highest BCUT2D eigenvalue weighted by Gasteiger charge is 2.43. The Morgan fingerprint density at radius 2 is 0.769 bits per heavy atom. The SMILES string of the molecule is CN1CC2CN(c3cccc4ccsc34)CC2C1.CN1CC2CN(c3cccc4sccc34)CC2C1.Clc1ccc(C2=CC3CNCC3C2)cc1Cl.c1cc(N2CC3CNCC3C2)c2ccsc2c1.c1cc(N2CC3CNCC3C2)c2sccc2c1.c1ccc2c(C3CC4CNCC4C3)cccc2c1. The fourth-order valence-corrected chi connectivity index (χ4v) is 24.4. The van der Waals surface area contributed by atoms with Gasteiger partial charge < -0.3 is 50.7 Å². The van der Waals surface area contributed by atoms with E-state index in [-0.39, 0.29) is 0 Å². The molecule has 10 aliphatic heterocycles. The van der Waals surface area contributed by atoms with E-state index in [4.69, 9.17) is 23.2 Å². The molecule has 16 heteroatoms. The van der Waals surface area contributed by atoms with Crippen molar-refractivity contribution in [1.82, 2.24) is 31.1 Å². The third-order valence-electron chi connectivity index (χ3n) is 25.8. The molecule has 4 aromatic heterocycles. The minimum absolute atomic E-state index is 0.630. The smallest absolute Gasteiger partial charge is 0.0598 e. The van der Waals surface area contributed by atoms with Crippen molar-refractivity contribution >= 4 is 148 Å². The van der Waals surface area contributed by atoms with Crippen LogP contribution in [0, 0.1) is 71.0 Å². The summed E-state index contributed by atoms with van der Waals surface area (Å²) in [4.78, 5) is 15.4. The first kappa shape index (κ1) is 69.6. The normalized spacial score (nSPS) is 28.5. The molecule has 0 bridgehead atoms. The van der Waals surface area contributed by atoms with Crippen LogP contribution in [0.15, 0.2) is 185 Å². The van der Waals surface area contributed by atoms with Gasteiger partial charge >= 0.3 is 0 Å². The van der Waals surface area contributed by atoms with E-state index in [0.717, 1.165) is 90.5 Å². The Bertz CT molecular complexity index is 4560. The van der Waals surface area contributed by atoms with E-state index >= 15 is 0 Å². The molecule has 0 amide bonds. The first-order valence-electron chi connectivity index (χ1n) is 38.8. The van der Waals surface area contributed by atoms with Crippen LogP contribution in [-0.4, -0.2) is 155 Å². The summed E-state index contributed by atoms with van der Waals surface area (Å²) in [5.74, 6) is 11.1. The molecule has 10 nitrogen and oxygen atoms in total. The Balaban J connectivity index is 0.0000000890. The van der Waals surface area contributed by atoms with Gasteiger partial charge in [-0.1, -0.05) is 114 Å². The Kier molecular flexibility index (Phi) is 20.7. The maximum Gasteiger partial charge on any atom is 0.0598 e. The van der Waals surface area contributed by atoms with Crippen molar-refractivity contribution < 1.29 is 0 Å². The highest BCUT2D eigenvalue weighted by molar-refractivity contribution is 7.18. The van der Waals surface area contributed by atoms with Crippen LogP contribution in [-0.2, 0) is 0 Å². The van der Waals surface area contributed by atoms with Crippen LogP contribution in [0.1, 0.15) is 36.3 Å². The van der Waals surface area contributed by atoms with Gasteiger partial charge in [0.15, 0.2) is 0 Å². The van der Waals surface area contributed by atoms with Crippen LogP contribution in [0.5, 0.6) is 0 Å². The molecule has 14 heterocycles. The molecule has 104 heavy (non-hydrogen) atoms. The van der Waals surface area contributed by atoms with Crippen molar-refractivity contribution in [2.75, 3.05) is 165 Å². The number of halogens is 2. The number of benzene rings is 7. The van der Waals surface area contributed by atoms with Crippen LogP contribution in [0.4, 0.5) is 22.7 Å². The van der Waals surface area contributed by atoms with Gasteiger partial charge in [-0.2, -0.15) is 0 Å². The molecule has 12 atom stereocenters. The third kappa shape index (κ3) is 14.5. The Hall–Kier alpha value is -6.08. The number of thiophene rings is 4. The Morgan fingerprint density at radius 1 is 0.346 bits per heavy atom. The molecule has 2 aliphatic carbocycles. The topological polar surface area (TPSA) is 67.6 Å². The summed E-state index contributed by atoms with van der Waals surface area (Å²) in [6, 6.07) is 57.4. The molecular formula is C88H100Cl2N10S4. The number of fused-ring (bicyclic) bond motifs is 11. The van der Waals surface area contributed by atoms with Crippen molar-refractivity contribution in [2.24, 2.45) is 71.0 Å². The number of allylic oxidation sites excluding steroid dienone is 1. The summed E-state index contributed by atoms with van der Waals surface area (Å²) >= 11 is 19.4. The van der Waals surface area contributed by atoms with E-state index in [1.165, 1.54) is 216 Å². The van der Waals surface area contributed by atoms with Crippen molar-refractivity contribution in [3.63, 3.8) is 0 Å². The molecule has 10 saturated heterocycles. The minimum Gasteiger partial charge on any atom is -0.370 e. The average Bonchev–Trinajstić information content (AvgIpc) is 1.60. The molecule has 0 spiro atoms. The second-order valence-electron chi connectivity index (χ2n) is 32.4. The fourth-order valence-electron chi connectivity index (χ4n) is 20.6. The molecule has 4 N–H and O–H groups in total. The summed E-state index contributed by atoms with van der Waals surface area (Å²) in [6.07, 6.45) is 6.32. The number of rotatable bonds is 6. The lowest BCUT2D eigenvalue weighted by Gasteiger charge is -2.22. The zero-order valence-electron chi connectivity index (χ0n) is 60.2. The molecular weight excluding hydrogens is 1400 g/mol. The summed E-state index contributed by atoms with van der Waals surface area (Å²) < 4.78 is 5.76. The van der Waals surface area contributed by atoms with Crippen molar-refractivity contribution in [1.29, 1.82) is 0 Å². The van der Waals surface area contributed by atoms with Gasteiger partial charge in [0.1, 0.15) is 0 Å². The van der Waals surface area contributed by atoms with Gasteiger partial charge in [0.25, 0.3) is 0 Å². The van der Waals surface area contributed by atoms with Gasteiger partial charge in [-0.25, -0.2) is 0 Å². The summed E-state index contributed by atoms with van der Waals surface area (Å²) in [7, 11) is 4.50. The number of nitrogens with one attached hydrogen (secondary N) is 4. The van der Waals surface area contributed by atoms with Crippen molar-refractivity contribution in [3.8, 4) is 0 Å². The first-order chi connectivity index (χ1) is 51.1. The number of hydrogen-bond acceptors (Lipinski definition) is 14. The number of nitrogens with zero attached hydrogens (tertiary/aromatic N) is 6. The van der Waals surface area contributed by atoms with E-state index in [1.807, 2.05) is 57.5 Å². The van der Waals surface area contributed by atoms with Crippen LogP contribution in [0.2, 0.25) is 10.0 Å². The van der Waals surface area contributed by atoms with Crippen LogP contribution >= 0.6 is 68.5 Å².